The number of hydrogen-bond donors (Lipinski definition) is 1. The van der Waals surface area contributed by atoms with E-state index in [-0.39, 0.29) is 42.6 Å². The van der Waals surface area contributed by atoms with Crippen molar-refractivity contribution in [2.75, 3.05) is 16.8 Å². The van der Waals surface area contributed by atoms with Crippen LogP contribution in [-0.2, 0) is 14.4 Å². The van der Waals surface area contributed by atoms with Crippen molar-refractivity contribution < 1.29 is 14.4 Å². The van der Waals surface area contributed by atoms with Gasteiger partial charge >= 0.3 is 0 Å². The molecule has 0 saturated carbocycles. The van der Waals surface area contributed by atoms with Crippen LogP contribution in [0.5, 0.6) is 0 Å². The number of carbonyl (C=O) groups is 3. The average molecular weight is 393 g/mol. The van der Waals surface area contributed by atoms with Gasteiger partial charge in [0.15, 0.2) is 0 Å². The van der Waals surface area contributed by atoms with Crippen LogP contribution in [0.25, 0.3) is 0 Å². The van der Waals surface area contributed by atoms with Crippen LogP contribution in [0, 0.1) is 0 Å². The molecule has 0 aromatic heterocycles. The molecule has 1 aliphatic rings. The van der Waals surface area contributed by atoms with Gasteiger partial charge in [-0.05, 0) is 37.1 Å². The molecule has 0 unspecified atom stereocenters. The zero-order valence-electron chi connectivity index (χ0n) is 17.1. The van der Waals surface area contributed by atoms with E-state index < -0.39 is 0 Å². The van der Waals surface area contributed by atoms with Crippen molar-refractivity contribution >= 4 is 29.1 Å². The lowest BCUT2D eigenvalue weighted by atomic mass is 9.89. The number of nitrogens with zero attached hydrogens (tertiary/aromatic N) is 2. The van der Waals surface area contributed by atoms with Gasteiger partial charge in [-0.15, -0.1) is 0 Å². The van der Waals surface area contributed by atoms with Crippen molar-refractivity contribution in [3.8, 4) is 0 Å². The van der Waals surface area contributed by atoms with Crippen LogP contribution < -0.4 is 15.1 Å². The zero-order chi connectivity index (χ0) is 21.0. The lowest BCUT2D eigenvalue weighted by molar-refractivity contribution is -0.125. The second kappa shape index (κ2) is 8.90. The molecule has 2 aromatic carbocycles. The summed E-state index contributed by atoms with van der Waals surface area (Å²) in [4.78, 5) is 40.7. The molecule has 2 aromatic rings. The van der Waals surface area contributed by atoms with E-state index in [2.05, 4.69) is 5.32 Å². The minimum atomic E-state index is -0.163. The van der Waals surface area contributed by atoms with Crippen LogP contribution in [0.3, 0.4) is 0 Å². The third-order valence-corrected chi connectivity index (χ3v) is 5.36. The predicted molar refractivity (Wildman–Crippen MR) is 114 cm³/mol. The van der Waals surface area contributed by atoms with Crippen LogP contribution in [0.2, 0.25) is 0 Å². The highest BCUT2D eigenvalue weighted by molar-refractivity contribution is 5.98. The first kappa shape index (κ1) is 20.6. The van der Waals surface area contributed by atoms with Gasteiger partial charge in [0.05, 0.1) is 6.04 Å². The molecule has 0 bridgehead atoms. The number of amides is 3. The maximum absolute atomic E-state index is 12.9. The number of nitrogens with one attached hydrogen (secondary N) is 1. The molecule has 1 N–H and O–H groups in total. The predicted octanol–water partition coefficient (Wildman–Crippen LogP) is 3.43. The van der Waals surface area contributed by atoms with Gasteiger partial charge in [-0.3, -0.25) is 14.4 Å². The smallest absolute Gasteiger partial charge is 0.227 e. The Labute approximate surface area is 171 Å². The van der Waals surface area contributed by atoms with E-state index >= 15 is 0 Å². The van der Waals surface area contributed by atoms with Crippen LogP contribution in [-0.4, -0.2) is 30.8 Å². The molecular weight excluding hydrogens is 366 g/mol. The topological polar surface area (TPSA) is 69.7 Å². The summed E-state index contributed by atoms with van der Waals surface area (Å²) < 4.78 is 0. The van der Waals surface area contributed by atoms with E-state index in [4.69, 9.17) is 0 Å². The minimum Gasteiger partial charge on any atom is -0.359 e. The zero-order valence-corrected chi connectivity index (χ0v) is 17.1. The number of benzene rings is 2. The molecular formula is C23H27N3O3. The molecule has 0 aliphatic carbocycles. The summed E-state index contributed by atoms with van der Waals surface area (Å²) in [6.07, 6.45) is 0.934. The standard InChI is InChI=1S/C23H27N3O3/c1-16-15-21(26(17(2)27)18-9-5-4-6-10-18)19-11-7-8-12-20(19)25(16)23(29)14-13-22(28)24-3/h4-12,16,21H,13-15H2,1-3H3,(H,24,28)/t16-,21+/m1/s1. The Morgan fingerprint density at radius 2 is 1.69 bits per heavy atom. The highest BCUT2D eigenvalue weighted by atomic mass is 16.2. The van der Waals surface area contributed by atoms with Crippen LogP contribution in [0.4, 0.5) is 11.4 Å². The molecule has 6 heteroatoms. The Bertz CT molecular complexity index is 897. The van der Waals surface area contributed by atoms with Gasteiger partial charge < -0.3 is 15.1 Å². The number of rotatable bonds is 5. The third-order valence-electron chi connectivity index (χ3n) is 5.36. The Morgan fingerprint density at radius 1 is 1.03 bits per heavy atom. The van der Waals surface area contributed by atoms with Gasteiger partial charge in [0.25, 0.3) is 0 Å². The maximum Gasteiger partial charge on any atom is 0.227 e. The van der Waals surface area contributed by atoms with Crippen molar-refractivity contribution in [2.45, 2.75) is 45.2 Å². The number of hydrogen-bond acceptors (Lipinski definition) is 3. The summed E-state index contributed by atoms with van der Waals surface area (Å²) >= 11 is 0. The van der Waals surface area contributed by atoms with Crippen molar-refractivity contribution in [1.82, 2.24) is 5.32 Å². The fourth-order valence-corrected chi connectivity index (χ4v) is 4.04. The highest BCUT2D eigenvalue weighted by Gasteiger charge is 2.37. The van der Waals surface area contributed by atoms with Crippen molar-refractivity contribution in [2.24, 2.45) is 0 Å². The monoisotopic (exact) mass is 393 g/mol. The summed E-state index contributed by atoms with van der Waals surface area (Å²) in [6.45, 7) is 3.56. The molecule has 0 fully saturated rings. The van der Waals surface area contributed by atoms with E-state index in [1.54, 1.807) is 18.9 Å². The van der Waals surface area contributed by atoms with Crippen molar-refractivity contribution in [3.05, 3.63) is 60.2 Å². The van der Waals surface area contributed by atoms with E-state index in [0.717, 1.165) is 16.9 Å². The molecule has 0 spiro atoms. The quantitative estimate of drug-likeness (QED) is 0.846. The maximum atomic E-state index is 12.9. The third kappa shape index (κ3) is 4.31. The Hall–Kier alpha value is -3.15. The van der Waals surface area contributed by atoms with Gasteiger partial charge in [0, 0.05) is 44.2 Å². The highest BCUT2D eigenvalue weighted by Crippen LogP contribution is 2.42. The summed E-state index contributed by atoms with van der Waals surface area (Å²) in [7, 11) is 1.57. The molecule has 2 atom stereocenters. The summed E-state index contributed by atoms with van der Waals surface area (Å²) in [5.74, 6) is -0.273. The molecule has 1 heterocycles. The lowest BCUT2D eigenvalue weighted by Crippen LogP contribution is -2.47. The fourth-order valence-electron chi connectivity index (χ4n) is 4.04. The van der Waals surface area contributed by atoms with Crippen LogP contribution in [0.15, 0.2) is 54.6 Å². The molecule has 3 amide bonds. The van der Waals surface area contributed by atoms with E-state index in [0.29, 0.717) is 6.42 Å². The van der Waals surface area contributed by atoms with E-state index in [1.807, 2.05) is 66.4 Å². The fraction of sp³-hybridized carbons (Fsp3) is 0.348. The SMILES string of the molecule is CNC(=O)CCC(=O)N1c2ccccc2[C@@H](N(C(C)=O)c2ccccc2)C[C@H]1C. The second-order valence-electron chi connectivity index (χ2n) is 7.32. The first-order valence-electron chi connectivity index (χ1n) is 9.90. The number of para-hydroxylation sites is 2. The lowest BCUT2D eigenvalue weighted by Gasteiger charge is -2.43. The molecule has 1 aliphatic heterocycles. The molecule has 0 radical (unpaired) electrons. The largest absolute Gasteiger partial charge is 0.359 e. The number of anilines is 2. The molecule has 6 nitrogen and oxygen atoms in total. The molecule has 152 valence electrons. The molecule has 0 saturated heterocycles. The normalized spacial score (nSPS) is 18.0. The summed E-state index contributed by atoms with van der Waals surface area (Å²) in [6, 6.07) is 17.1. The Kier molecular flexibility index (Phi) is 6.32. The van der Waals surface area contributed by atoms with Gasteiger partial charge in [-0.25, -0.2) is 0 Å². The van der Waals surface area contributed by atoms with Gasteiger partial charge in [-0.1, -0.05) is 36.4 Å². The Balaban J connectivity index is 1.97. The summed E-state index contributed by atoms with van der Waals surface area (Å²) in [5, 5.41) is 2.55. The summed E-state index contributed by atoms with van der Waals surface area (Å²) in [5.41, 5.74) is 2.59. The van der Waals surface area contributed by atoms with Crippen LogP contribution >= 0.6 is 0 Å². The van der Waals surface area contributed by atoms with Crippen LogP contribution in [0.1, 0.15) is 44.7 Å². The van der Waals surface area contributed by atoms with E-state index in [1.165, 1.54) is 0 Å². The minimum absolute atomic E-state index is 0.0393. The van der Waals surface area contributed by atoms with E-state index in [9.17, 15) is 14.4 Å². The first-order chi connectivity index (χ1) is 13.9. The average Bonchev–Trinajstić information content (AvgIpc) is 2.72. The number of carbonyl (C=O) groups excluding carboxylic acids is 3. The Morgan fingerprint density at radius 3 is 2.34 bits per heavy atom. The van der Waals surface area contributed by atoms with Crippen molar-refractivity contribution in [3.63, 3.8) is 0 Å². The first-order valence-corrected chi connectivity index (χ1v) is 9.90. The van der Waals surface area contributed by atoms with Crippen molar-refractivity contribution in [1.29, 1.82) is 0 Å². The molecule has 29 heavy (non-hydrogen) atoms. The molecule has 3 rings (SSSR count). The van der Waals surface area contributed by atoms with Gasteiger partial charge in [0.1, 0.15) is 0 Å². The van der Waals surface area contributed by atoms with Gasteiger partial charge in [-0.2, -0.15) is 0 Å². The number of fused-ring (bicyclic) bond motifs is 1. The van der Waals surface area contributed by atoms with Gasteiger partial charge in [0.2, 0.25) is 17.7 Å². The second-order valence-corrected chi connectivity index (χ2v) is 7.32.